The van der Waals surface area contributed by atoms with E-state index >= 15 is 0 Å². The summed E-state index contributed by atoms with van der Waals surface area (Å²) >= 11 is 0. The average Bonchev–Trinajstić information content (AvgIpc) is 2.69. The summed E-state index contributed by atoms with van der Waals surface area (Å²) < 4.78 is 5.37. The largest absolute Gasteiger partial charge is 0.484 e. The van der Waals surface area contributed by atoms with E-state index in [9.17, 15) is 14.4 Å². The lowest BCUT2D eigenvalue weighted by molar-refractivity contribution is -0.141. The molecule has 0 aromatic heterocycles. The van der Waals surface area contributed by atoms with Gasteiger partial charge in [0.15, 0.2) is 6.61 Å². The van der Waals surface area contributed by atoms with E-state index in [2.05, 4.69) is 36.9 Å². The molecule has 0 unspecified atom stereocenters. The number of ether oxygens (including phenoxy) is 1. The summed E-state index contributed by atoms with van der Waals surface area (Å²) in [6, 6.07) is 16.6. The minimum absolute atomic E-state index is 0.0290. The first kappa shape index (κ1) is 21.0. The molecule has 0 atom stereocenters. The van der Waals surface area contributed by atoms with Crippen LogP contribution in [0.2, 0.25) is 0 Å². The summed E-state index contributed by atoms with van der Waals surface area (Å²) in [5, 5.41) is 2.46. The second-order valence-corrected chi connectivity index (χ2v) is 7.23. The Morgan fingerprint density at radius 2 is 1.50 bits per heavy atom. The number of hydrogen-bond donors (Lipinski definition) is 3. The van der Waals surface area contributed by atoms with Crippen molar-refractivity contribution in [2.75, 3.05) is 6.61 Å². The Hall–Kier alpha value is -3.35. The molecule has 3 N–H and O–H groups in total. The highest BCUT2D eigenvalue weighted by Crippen LogP contribution is 2.24. The maximum absolute atomic E-state index is 11.8. The van der Waals surface area contributed by atoms with Crippen LogP contribution in [0.4, 0.5) is 0 Å². The third-order valence-electron chi connectivity index (χ3n) is 3.91. The first-order valence-corrected chi connectivity index (χ1v) is 8.90. The van der Waals surface area contributed by atoms with E-state index in [-0.39, 0.29) is 18.6 Å². The molecule has 0 fully saturated rings. The van der Waals surface area contributed by atoms with E-state index in [4.69, 9.17) is 4.74 Å². The highest BCUT2D eigenvalue weighted by atomic mass is 16.5. The highest BCUT2D eigenvalue weighted by molar-refractivity contribution is 6.35. The van der Waals surface area contributed by atoms with E-state index in [0.29, 0.717) is 5.75 Å². The van der Waals surface area contributed by atoms with Gasteiger partial charge in [-0.2, -0.15) is 0 Å². The lowest BCUT2D eigenvalue weighted by atomic mass is 9.87. The van der Waals surface area contributed by atoms with Crippen LogP contribution in [0.5, 0.6) is 5.75 Å². The standard InChI is InChI=1S/C21H25N3O4/c1-21(2,3)16-9-11-17(12-10-16)28-14-18(25)23-24-20(27)19(26)22-13-15-7-5-4-6-8-15/h4-12H,13-14H2,1-3H3,(H,22,26)(H,23,25)(H,24,27). The van der Waals surface area contributed by atoms with Crippen LogP contribution in [0.15, 0.2) is 54.6 Å². The van der Waals surface area contributed by atoms with E-state index in [1.807, 2.05) is 42.5 Å². The van der Waals surface area contributed by atoms with Crippen LogP contribution < -0.4 is 20.9 Å². The van der Waals surface area contributed by atoms with Gasteiger partial charge < -0.3 is 10.1 Å². The molecule has 0 saturated heterocycles. The van der Waals surface area contributed by atoms with Crippen LogP contribution in [0, 0.1) is 0 Å². The summed E-state index contributed by atoms with van der Waals surface area (Å²) in [6.07, 6.45) is 0. The number of carbonyl (C=O) groups excluding carboxylic acids is 3. The fourth-order valence-corrected chi connectivity index (χ4v) is 2.28. The monoisotopic (exact) mass is 383 g/mol. The smallest absolute Gasteiger partial charge is 0.327 e. The Bertz CT molecular complexity index is 812. The summed E-state index contributed by atoms with van der Waals surface area (Å²) in [5.41, 5.74) is 6.24. The van der Waals surface area contributed by atoms with Gasteiger partial charge in [-0.1, -0.05) is 63.2 Å². The van der Waals surface area contributed by atoms with E-state index < -0.39 is 17.7 Å². The average molecular weight is 383 g/mol. The molecule has 7 heteroatoms. The summed E-state index contributed by atoms with van der Waals surface area (Å²) in [6.45, 7) is 6.24. The fourth-order valence-electron chi connectivity index (χ4n) is 2.28. The van der Waals surface area contributed by atoms with Crippen LogP contribution in [0.3, 0.4) is 0 Å². The number of amides is 3. The van der Waals surface area contributed by atoms with Gasteiger partial charge in [0.05, 0.1) is 0 Å². The van der Waals surface area contributed by atoms with Crippen molar-refractivity contribution >= 4 is 17.7 Å². The lowest BCUT2D eigenvalue weighted by Gasteiger charge is -2.19. The first-order chi connectivity index (χ1) is 13.3. The molecule has 0 heterocycles. The van der Waals surface area contributed by atoms with Crippen molar-refractivity contribution in [1.29, 1.82) is 0 Å². The highest BCUT2D eigenvalue weighted by Gasteiger charge is 2.15. The molecular weight excluding hydrogens is 358 g/mol. The van der Waals surface area contributed by atoms with Crippen LogP contribution in [0.25, 0.3) is 0 Å². The normalized spacial score (nSPS) is 10.7. The van der Waals surface area contributed by atoms with Crippen LogP contribution >= 0.6 is 0 Å². The van der Waals surface area contributed by atoms with Gasteiger partial charge >= 0.3 is 11.8 Å². The Morgan fingerprint density at radius 3 is 2.11 bits per heavy atom. The molecule has 3 amide bonds. The van der Waals surface area contributed by atoms with E-state index in [0.717, 1.165) is 11.1 Å². The molecule has 0 spiro atoms. The van der Waals surface area contributed by atoms with Gasteiger partial charge in [0.25, 0.3) is 5.91 Å². The Morgan fingerprint density at radius 1 is 0.857 bits per heavy atom. The third kappa shape index (κ3) is 6.75. The van der Waals surface area contributed by atoms with Crippen molar-refractivity contribution in [1.82, 2.24) is 16.2 Å². The van der Waals surface area contributed by atoms with E-state index in [1.165, 1.54) is 0 Å². The maximum atomic E-state index is 11.8. The molecule has 28 heavy (non-hydrogen) atoms. The Kier molecular flexibility index (Phi) is 7.14. The van der Waals surface area contributed by atoms with Crippen molar-refractivity contribution < 1.29 is 19.1 Å². The van der Waals surface area contributed by atoms with Gasteiger partial charge in [0, 0.05) is 6.54 Å². The predicted molar refractivity (Wildman–Crippen MR) is 105 cm³/mol. The van der Waals surface area contributed by atoms with Gasteiger partial charge in [0.2, 0.25) is 0 Å². The van der Waals surface area contributed by atoms with Gasteiger partial charge in [-0.15, -0.1) is 0 Å². The zero-order valence-electron chi connectivity index (χ0n) is 16.2. The molecule has 0 aliphatic rings. The molecule has 0 bridgehead atoms. The molecule has 2 rings (SSSR count). The third-order valence-corrected chi connectivity index (χ3v) is 3.91. The van der Waals surface area contributed by atoms with Crippen molar-refractivity contribution in [3.8, 4) is 5.75 Å². The second kappa shape index (κ2) is 9.55. The molecule has 2 aromatic carbocycles. The molecule has 0 aliphatic carbocycles. The van der Waals surface area contributed by atoms with Crippen molar-refractivity contribution in [2.45, 2.75) is 32.7 Å². The number of hydrogen-bond acceptors (Lipinski definition) is 4. The number of hydrazine groups is 1. The van der Waals surface area contributed by atoms with Crippen LogP contribution in [-0.2, 0) is 26.3 Å². The molecule has 0 aliphatic heterocycles. The van der Waals surface area contributed by atoms with Crippen molar-refractivity contribution in [3.05, 3.63) is 65.7 Å². The van der Waals surface area contributed by atoms with Crippen molar-refractivity contribution in [3.63, 3.8) is 0 Å². The molecule has 148 valence electrons. The summed E-state index contributed by atoms with van der Waals surface area (Å²) in [5.74, 6) is -1.85. The Labute approximate surface area is 164 Å². The SMILES string of the molecule is CC(C)(C)c1ccc(OCC(=O)NNC(=O)C(=O)NCc2ccccc2)cc1. The van der Waals surface area contributed by atoms with Crippen molar-refractivity contribution in [2.24, 2.45) is 0 Å². The first-order valence-electron chi connectivity index (χ1n) is 8.90. The number of carbonyl (C=O) groups is 3. The molecule has 7 nitrogen and oxygen atoms in total. The maximum Gasteiger partial charge on any atom is 0.327 e. The fraction of sp³-hybridized carbons (Fsp3) is 0.286. The minimum Gasteiger partial charge on any atom is -0.484 e. The number of benzene rings is 2. The summed E-state index contributed by atoms with van der Waals surface area (Å²) in [7, 11) is 0. The minimum atomic E-state index is -0.959. The van der Waals surface area contributed by atoms with E-state index in [1.54, 1.807) is 12.1 Å². The zero-order chi connectivity index (χ0) is 20.6. The van der Waals surface area contributed by atoms with Crippen LogP contribution in [0.1, 0.15) is 31.9 Å². The van der Waals surface area contributed by atoms with Gasteiger partial charge in [0.1, 0.15) is 5.75 Å². The van der Waals surface area contributed by atoms with Gasteiger partial charge in [-0.3, -0.25) is 25.2 Å². The van der Waals surface area contributed by atoms with Crippen LogP contribution in [-0.4, -0.2) is 24.3 Å². The quantitative estimate of drug-likeness (QED) is 0.542. The number of rotatable bonds is 5. The molecule has 2 aromatic rings. The molecular formula is C21H25N3O4. The lowest BCUT2D eigenvalue weighted by Crippen LogP contribution is -2.49. The Balaban J connectivity index is 1.70. The molecule has 0 radical (unpaired) electrons. The molecule has 0 saturated carbocycles. The van der Waals surface area contributed by atoms with Gasteiger partial charge in [-0.25, -0.2) is 0 Å². The zero-order valence-corrected chi connectivity index (χ0v) is 16.2. The number of nitrogens with one attached hydrogen (secondary N) is 3. The second-order valence-electron chi connectivity index (χ2n) is 7.23. The topological polar surface area (TPSA) is 96.5 Å². The summed E-state index contributed by atoms with van der Waals surface area (Å²) in [4.78, 5) is 35.2. The van der Waals surface area contributed by atoms with Gasteiger partial charge in [-0.05, 0) is 28.7 Å². The predicted octanol–water partition coefficient (Wildman–Crippen LogP) is 1.83.